The van der Waals surface area contributed by atoms with Gasteiger partial charge in [-0.15, -0.1) is 0 Å². The molecular formula is C15H21N3O. The van der Waals surface area contributed by atoms with Gasteiger partial charge in [0.15, 0.2) is 0 Å². The number of hydrogen-bond donors (Lipinski definition) is 2. The Balaban J connectivity index is 1.88. The normalized spacial score (nSPS) is 13.1. The number of fused-ring (bicyclic) bond motifs is 1. The highest BCUT2D eigenvalue weighted by Gasteiger charge is 2.15. The number of aliphatic hydroxyl groups excluding tert-OH is 1. The first-order chi connectivity index (χ1) is 9.35. The molecule has 2 N–H and O–H groups in total. The summed E-state index contributed by atoms with van der Waals surface area (Å²) >= 11 is 0. The highest BCUT2D eigenvalue weighted by Crippen LogP contribution is 2.24. The van der Waals surface area contributed by atoms with Gasteiger partial charge in [-0.05, 0) is 43.7 Å². The van der Waals surface area contributed by atoms with Gasteiger partial charge in [0.2, 0.25) is 0 Å². The summed E-state index contributed by atoms with van der Waals surface area (Å²) in [5.41, 5.74) is 3.06. The number of aliphatic hydroxyl groups is 1. The van der Waals surface area contributed by atoms with Crippen molar-refractivity contribution in [3.63, 3.8) is 0 Å². The van der Waals surface area contributed by atoms with Crippen LogP contribution in [0.2, 0.25) is 0 Å². The van der Waals surface area contributed by atoms with Gasteiger partial charge in [-0.25, -0.2) is 4.98 Å². The van der Waals surface area contributed by atoms with Crippen molar-refractivity contribution in [1.82, 2.24) is 4.98 Å². The van der Waals surface area contributed by atoms with Crippen molar-refractivity contribution < 1.29 is 5.11 Å². The minimum Gasteiger partial charge on any atom is -0.396 e. The molecule has 0 unspecified atom stereocenters. The molecule has 2 rings (SSSR count). The molecule has 4 nitrogen and oxygen atoms in total. The molecule has 0 fully saturated rings. The number of hydrogen-bond acceptors (Lipinski definition) is 4. The monoisotopic (exact) mass is 259 g/mol. The van der Waals surface area contributed by atoms with Gasteiger partial charge in [0.05, 0.1) is 5.56 Å². The Morgan fingerprint density at radius 2 is 2.11 bits per heavy atom. The van der Waals surface area contributed by atoms with E-state index in [4.69, 9.17) is 10.4 Å². The number of rotatable bonds is 7. The maximum atomic E-state index is 9.16. The van der Waals surface area contributed by atoms with E-state index in [0.29, 0.717) is 5.56 Å². The van der Waals surface area contributed by atoms with Crippen molar-refractivity contribution in [2.24, 2.45) is 0 Å². The third-order valence-electron chi connectivity index (χ3n) is 3.55. The number of nitriles is 1. The number of anilines is 1. The molecule has 1 aromatic heterocycles. The third kappa shape index (κ3) is 3.68. The fourth-order valence-corrected chi connectivity index (χ4v) is 2.49. The summed E-state index contributed by atoms with van der Waals surface area (Å²) in [6.07, 6.45) is 7.31. The van der Waals surface area contributed by atoms with E-state index in [1.54, 1.807) is 0 Å². The van der Waals surface area contributed by atoms with Gasteiger partial charge in [0.1, 0.15) is 11.9 Å². The summed E-state index contributed by atoms with van der Waals surface area (Å²) in [6.45, 7) is 1.12. The van der Waals surface area contributed by atoms with Crippen molar-refractivity contribution in [2.45, 2.75) is 44.9 Å². The van der Waals surface area contributed by atoms with Crippen molar-refractivity contribution in [3.05, 3.63) is 22.9 Å². The molecule has 0 aliphatic heterocycles. The molecule has 4 heteroatoms. The van der Waals surface area contributed by atoms with Gasteiger partial charge < -0.3 is 10.4 Å². The molecule has 0 radical (unpaired) electrons. The summed E-state index contributed by atoms with van der Waals surface area (Å²) in [5.74, 6) is 0.741. The summed E-state index contributed by atoms with van der Waals surface area (Å²) in [5, 5.41) is 21.1. The Kier molecular flexibility index (Phi) is 5.17. The van der Waals surface area contributed by atoms with Crippen LogP contribution < -0.4 is 5.32 Å². The maximum absolute atomic E-state index is 9.16. The molecule has 102 valence electrons. The minimum absolute atomic E-state index is 0.276. The summed E-state index contributed by atoms with van der Waals surface area (Å²) < 4.78 is 0. The van der Waals surface area contributed by atoms with Crippen LogP contribution in [0.15, 0.2) is 6.07 Å². The second kappa shape index (κ2) is 7.10. The van der Waals surface area contributed by atoms with E-state index in [1.165, 1.54) is 5.56 Å². The van der Waals surface area contributed by atoms with Crippen LogP contribution >= 0.6 is 0 Å². The van der Waals surface area contributed by atoms with E-state index in [1.807, 2.05) is 6.07 Å². The molecular weight excluding hydrogens is 238 g/mol. The Labute approximate surface area is 114 Å². The third-order valence-corrected chi connectivity index (χ3v) is 3.55. The fourth-order valence-electron chi connectivity index (χ4n) is 2.49. The topological polar surface area (TPSA) is 68.9 Å². The van der Waals surface area contributed by atoms with Crippen LogP contribution in [0, 0.1) is 11.3 Å². The van der Waals surface area contributed by atoms with Crippen LogP contribution in [-0.4, -0.2) is 23.2 Å². The van der Waals surface area contributed by atoms with Crippen molar-refractivity contribution in [1.29, 1.82) is 5.26 Å². The first-order valence-electron chi connectivity index (χ1n) is 7.13. The van der Waals surface area contributed by atoms with Crippen LogP contribution in [0.4, 0.5) is 5.82 Å². The van der Waals surface area contributed by atoms with E-state index >= 15 is 0 Å². The predicted molar refractivity (Wildman–Crippen MR) is 75.0 cm³/mol. The van der Waals surface area contributed by atoms with Gasteiger partial charge in [0, 0.05) is 18.8 Å². The van der Waals surface area contributed by atoms with Gasteiger partial charge in [-0.2, -0.15) is 5.26 Å². The smallest absolute Gasteiger partial charge is 0.144 e. The molecule has 0 saturated carbocycles. The van der Waals surface area contributed by atoms with Crippen LogP contribution in [0.1, 0.15) is 48.9 Å². The summed E-state index contributed by atoms with van der Waals surface area (Å²) in [7, 11) is 0. The number of pyridine rings is 1. The molecule has 0 aromatic carbocycles. The molecule has 1 aliphatic carbocycles. The van der Waals surface area contributed by atoms with Crippen LogP contribution in [0.25, 0.3) is 0 Å². The van der Waals surface area contributed by atoms with Crippen LogP contribution in [0.3, 0.4) is 0 Å². The number of aryl methyl sites for hydroxylation is 2. The number of nitrogens with zero attached hydrogens (tertiary/aromatic N) is 2. The second-order valence-corrected chi connectivity index (χ2v) is 5.02. The van der Waals surface area contributed by atoms with E-state index in [2.05, 4.69) is 16.4 Å². The lowest BCUT2D eigenvalue weighted by Crippen LogP contribution is -2.07. The highest BCUT2D eigenvalue weighted by molar-refractivity contribution is 5.55. The molecule has 0 atom stereocenters. The minimum atomic E-state index is 0.276. The molecule has 1 aliphatic rings. The highest BCUT2D eigenvalue weighted by atomic mass is 16.2. The number of nitrogens with one attached hydrogen (secondary N) is 1. The largest absolute Gasteiger partial charge is 0.396 e. The summed E-state index contributed by atoms with van der Waals surface area (Å²) in [4.78, 5) is 4.58. The number of unbranched alkanes of at least 4 members (excludes halogenated alkanes) is 3. The second-order valence-electron chi connectivity index (χ2n) is 5.02. The molecule has 0 spiro atoms. The average molecular weight is 259 g/mol. The van der Waals surface area contributed by atoms with E-state index in [-0.39, 0.29) is 6.61 Å². The van der Waals surface area contributed by atoms with Gasteiger partial charge >= 0.3 is 0 Å². The first-order valence-corrected chi connectivity index (χ1v) is 7.13. The van der Waals surface area contributed by atoms with Crippen molar-refractivity contribution in [2.75, 3.05) is 18.5 Å². The molecule has 0 saturated heterocycles. The molecule has 1 heterocycles. The van der Waals surface area contributed by atoms with E-state index in [0.717, 1.165) is 63.0 Å². The fraction of sp³-hybridized carbons (Fsp3) is 0.600. The number of aromatic nitrogens is 1. The zero-order valence-electron chi connectivity index (χ0n) is 11.3. The quantitative estimate of drug-likeness (QED) is 0.738. The van der Waals surface area contributed by atoms with Gasteiger partial charge in [0.25, 0.3) is 0 Å². The molecule has 0 bridgehead atoms. The van der Waals surface area contributed by atoms with Gasteiger partial charge in [-0.1, -0.05) is 12.8 Å². The zero-order chi connectivity index (χ0) is 13.5. The molecule has 19 heavy (non-hydrogen) atoms. The maximum Gasteiger partial charge on any atom is 0.144 e. The SMILES string of the molecule is N#Cc1cc2c(nc1NCCCCCCO)CCC2. The van der Waals surface area contributed by atoms with Crippen LogP contribution in [-0.2, 0) is 12.8 Å². The van der Waals surface area contributed by atoms with Crippen molar-refractivity contribution in [3.8, 4) is 6.07 Å². The van der Waals surface area contributed by atoms with E-state index in [9.17, 15) is 0 Å². The first kappa shape index (κ1) is 13.8. The summed E-state index contributed by atoms with van der Waals surface area (Å²) in [6, 6.07) is 4.22. The average Bonchev–Trinajstić information content (AvgIpc) is 2.88. The molecule has 1 aromatic rings. The Bertz CT molecular complexity index is 465. The lowest BCUT2D eigenvalue weighted by Gasteiger charge is -2.09. The Hall–Kier alpha value is -1.60. The Morgan fingerprint density at radius 3 is 2.89 bits per heavy atom. The molecule has 0 amide bonds. The van der Waals surface area contributed by atoms with Crippen LogP contribution in [0.5, 0.6) is 0 Å². The zero-order valence-corrected chi connectivity index (χ0v) is 11.3. The standard InChI is InChI=1S/C15H21N3O/c16-11-13-10-12-6-5-7-14(12)18-15(13)17-8-3-1-2-4-9-19/h10,19H,1-9H2,(H,17,18). The van der Waals surface area contributed by atoms with Gasteiger partial charge in [-0.3, -0.25) is 0 Å². The predicted octanol–water partition coefficient (Wildman–Crippen LogP) is 2.41. The van der Waals surface area contributed by atoms with Crippen molar-refractivity contribution >= 4 is 5.82 Å². The lowest BCUT2D eigenvalue weighted by atomic mass is 10.1. The Morgan fingerprint density at radius 1 is 1.26 bits per heavy atom. The van der Waals surface area contributed by atoms with E-state index < -0.39 is 0 Å². The lowest BCUT2D eigenvalue weighted by molar-refractivity contribution is 0.283.